The highest BCUT2D eigenvalue weighted by molar-refractivity contribution is 9.10. The lowest BCUT2D eigenvalue weighted by Crippen LogP contribution is -2.39. The van der Waals surface area contributed by atoms with Gasteiger partial charge >= 0.3 is 0 Å². The fourth-order valence-corrected chi connectivity index (χ4v) is 2.08. The van der Waals surface area contributed by atoms with Crippen molar-refractivity contribution in [1.29, 1.82) is 0 Å². The van der Waals surface area contributed by atoms with Gasteiger partial charge in [0.2, 0.25) is 0 Å². The summed E-state index contributed by atoms with van der Waals surface area (Å²) < 4.78 is 0.834. The SMILES string of the molecule is Nc1cc(Br)cc(C(=O)NC2CCC2)c1. The van der Waals surface area contributed by atoms with Crippen molar-refractivity contribution >= 4 is 27.5 Å². The molecule has 1 fully saturated rings. The van der Waals surface area contributed by atoms with Gasteiger partial charge in [-0.1, -0.05) is 15.9 Å². The highest BCUT2D eigenvalue weighted by atomic mass is 79.9. The van der Waals surface area contributed by atoms with Crippen LogP contribution in [0.15, 0.2) is 22.7 Å². The Labute approximate surface area is 97.2 Å². The average Bonchev–Trinajstić information content (AvgIpc) is 2.09. The van der Waals surface area contributed by atoms with Crippen LogP contribution in [0.5, 0.6) is 0 Å². The number of nitrogens with one attached hydrogen (secondary N) is 1. The first-order valence-corrected chi connectivity index (χ1v) is 5.81. The van der Waals surface area contributed by atoms with Crippen molar-refractivity contribution < 1.29 is 4.79 Å². The maximum absolute atomic E-state index is 11.8. The standard InChI is InChI=1S/C11H13BrN2O/c12-8-4-7(5-9(13)6-8)11(15)14-10-2-1-3-10/h4-6,10H,1-3,13H2,(H,14,15). The van der Waals surface area contributed by atoms with Gasteiger partial charge in [0, 0.05) is 21.8 Å². The molecule has 0 radical (unpaired) electrons. The maximum atomic E-state index is 11.8. The van der Waals surface area contributed by atoms with E-state index in [0.29, 0.717) is 17.3 Å². The maximum Gasteiger partial charge on any atom is 0.251 e. The fourth-order valence-electron chi connectivity index (χ4n) is 1.56. The van der Waals surface area contributed by atoms with Crippen molar-refractivity contribution in [1.82, 2.24) is 5.32 Å². The van der Waals surface area contributed by atoms with E-state index in [1.165, 1.54) is 6.42 Å². The van der Waals surface area contributed by atoms with Gasteiger partial charge in [-0.25, -0.2) is 0 Å². The van der Waals surface area contributed by atoms with Crippen LogP contribution >= 0.6 is 15.9 Å². The summed E-state index contributed by atoms with van der Waals surface area (Å²) >= 11 is 3.32. The molecular weight excluding hydrogens is 256 g/mol. The third-order valence-corrected chi connectivity index (χ3v) is 3.08. The van der Waals surface area contributed by atoms with E-state index >= 15 is 0 Å². The second-order valence-corrected chi connectivity index (χ2v) is 4.79. The number of benzene rings is 1. The minimum absolute atomic E-state index is 0.0345. The van der Waals surface area contributed by atoms with Gasteiger partial charge in [-0.05, 0) is 37.5 Å². The van der Waals surface area contributed by atoms with E-state index in [1.807, 2.05) is 0 Å². The molecule has 0 bridgehead atoms. The third kappa shape index (κ3) is 2.50. The van der Waals surface area contributed by atoms with E-state index in [4.69, 9.17) is 5.73 Å². The third-order valence-electron chi connectivity index (χ3n) is 2.62. The number of rotatable bonds is 2. The molecule has 15 heavy (non-hydrogen) atoms. The number of nitrogen functional groups attached to an aromatic ring is 1. The number of amides is 1. The number of halogens is 1. The zero-order chi connectivity index (χ0) is 10.8. The quantitative estimate of drug-likeness (QED) is 0.809. The van der Waals surface area contributed by atoms with Gasteiger partial charge in [0.1, 0.15) is 0 Å². The molecule has 0 atom stereocenters. The molecule has 3 nitrogen and oxygen atoms in total. The summed E-state index contributed by atoms with van der Waals surface area (Å²) in [5, 5.41) is 2.97. The Balaban J connectivity index is 2.10. The van der Waals surface area contributed by atoms with Crippen molar-refractivity contribution in [2.24, 2.45) is 0 Å². The van der Waals surface area contributed by atoms with Gasteiger partial charge in [-0.2, -0.15) is 0 Å². The molecule has 0 spiro atoms. The van der Waals surface area contributed by atoms with Gasteiger partial charge in [0.25, 0.3) is 5.91 Å². The van der Waals surface area contributed by atoms with Crippen LogP contribution in [0.1, 0.15) is 29.6 Å². The van der Waals surface area contributed by atoms with Crippen LogP contribution in [-0.2, 0) is 0 Å². The topological polar surface area (TPSA) is 55.1 Å². The van der Waals surface area contributed by atoms with E-state index in [2.05, 4.69) is 21.2 Å². The predicted molar refractivity (Wildman–Crippen MR) is 63.7 cm³/mol. The summed E-state index contributed by atoms with van der Waals surface area (Å²) in [4.78, 5) is 11.8. The van der Waals surface area contributed by atoms with Crippen molar-refractivity contribution in [2.75, 3.05) is 5.73 Å². The second-order valence-electron chi connectivity index (χ2n) is 3.87. The highest BCUT2D eigenvalue weighted by Crippen LogP contribution is 2.20. The number of anilines is 1. The zero-order valence-electron chi connectivity index (χ0n) is 8.29. The number of nitrogens with two attached hydrogens (primary N) is 1. The second kappa shape index (κ2) is 4.23. The first-order chi connectivity index (χ1) is 7.15. The number of carbonyl (C=O) groups excluding carboxylic acids is 1. The van der Waals surface area contributed by atoms with Gasteiger partial charge in [0.15, 0.2) is 0 Å². The molecule has 80 valence electrons. The lowest BCUT2D eigenvalue weighted by atomic mass is 9.93. The molecule has 0 aromatic heterocycles. The summed E-state index contributed by atoms with van der Waals surface area (Å²) in [6.45, 7) is 0. The van der Waals surface area contributed by atoms with Gasteiger partial charge in [-0.3, -0.25) is 4.79 Å². The molecule has 4 heteroatoms. The van der Waals surface area contributed by atoms with E-state index in [0.717, 1.165) is 17.3 Å². The number of hydrogen-bond donors (Lipinski definition) is 2. The predicted octanol–water partition coefficient (Wildman–Crippen LogP) is 2.31. The van der Waals surface area contributed by atoms with E-state index in [9.17, 15) is 4.79 Å². The Morgan fingerprint density at radius 2 is 2.13 bits per heavy atom. The lowest BCUT2D eigenvalue weighted by Gasteiger charge is -2.26. The molecule has 1 amide bonds. The van der Waals surface area contributed by atoms with Gasteiger partial charge < -0.3 is 11.1 Å². The normalized spacial score (nSPS) is 15.8. The van der Waals surface area contributed by atoms with Gasteiger partial charge in [0.05, 0.1) is 0 Å². The van der Waals surface area contributed by atoms with Crippen LogP contribution in [0.4, 0.5) is 5.69 Å². The molecular formula is C11H13BrN2O. The first kappa shape index (κ1) is 10.5. The Bertz CT molecular complexity index is 368. The Kier molecular flexibility index (Phi) is 2.95. The van der Waals surface area contributed by atoms with Crippen LogP contribution in [0.25, 0.3) is 0 Å². The lowest BCUT2D eigenvalue weighted by molar-refractivity contribution is 0.0917. The molecule has 1 aliphatic rings. The zero-order valence-corrected chi connectivity index (χ0v) is 9.88. The van der Waals surface area contributed by atoms with Crippen LogP contribution in [0.3, 0.4) is 0 Å². The molecule has 3 N–H and O–H groups in total. The van der Waals surface area contributed by atoms with E-state index in [-0.39, 0.29) is 5.91 Å². The monoisotopic (exact) mass is 268 g/mol. The van der Waals surface area contributed by atoms with E-state index < -0.39 is 0 Å². The summed E-state index contributed by atoms with van der Waals surface area (Å²) in [6, 6.07) is 5.61. The van der Waals surface area contributed by atoms with Crippen LogP contribution in [-0.4, -0.2) is 11.9 Å². The molecule has 0 saturated heterocycles. The molecule has 1 aromatic rings. The average molecular weight is 269 g/mol. The van der Waals surface area contributed by atoms with Crippen molar-refractivity contribution in [3.63, 3.8) is 0 Å². The Morgan fingerprint density at radius 3 is 2.67 bits per heavy atom. The fraction of sp³-hybridized carbons (Fsp3) is 0.364. The summed E-state index contributed by atoms with van der Waals surface area (Å²) in [5.41, 5.74) is 6.88. The minimum Gasteiger partial charge on any atom is -0.399 e. The smallest absolute Gasteiger partial charge is 0.251 e. The Morgan fingerprint density at radius 1 is 1.40 bits per heavy atom. The minimum atomic E-state index is -0.0345. The van der Waals surface area contributed by atoms with Crippen molar-refractivity contribution in [2.45, 2.75) is 25.3 Å². The van der Waals surface area contributed by atoms with Gasteiger partial charge in [-0.15, -0.1) is 0 Å². The number of carbonyl (C=O) groups is 1. The molecule has 1 aliphatic carbocycles. The van der Waals surface area contributed by atoms with Crippen LogP contribution < -0.4 is 11.1 Å². The van der Waals surface area contributed by atoms with Crippen LogP contribution in [0, 0.1) is 0 Å². The van der Waals surface area contributed by atoms with Crippen molar-refractivity contribution in [3.8, 4) is 0 Å². The molecule has 1 saturated carbocycles. The highest BCUT2D eigenvalue weighted by Gasteiger charge is 2.20. The summed E-state index contributed by atoms with van der Waals surface area (Å²) in [5.74, 6) is -0.0345. The number of hydrogen-bond acceptors (Lipinski definition) is 2. The molecule has 0 aliphatic heterocycles. The largest absolute Gasteiger partial charge is 0.399 e. The van der Waals surface area contributed by atoms with Crippen molar-refractivity contribution in [3.05, 3.63) is 28.2 Å². The Hall–Kier alpha value is -1.03. The summed E-state index contributed by atoms with van der Waals surface area (Å²) in [7, 11) is 0. The molecule has 1 aromatic carbocycles. The molecule has 0 heterocycles. The first-order valence-electron chi connectivity index (χ1n) is 5.02. The summed E-state index contributed by atoms with van der Waals surface area (Å²) in [6.07, 6.45) is 3.40. The molecule has 2 rings (SSSR count). The molecule has 0 unspecified atom stereocenters. The van der Waals surface area contributed by atoms with E-state index in [1.54, 1.807) is 18.2 Å². The van der Waals surface area contributed by atoms with Crippen LogP contribution in [0.2, 0.25) is 0 Å².